The standard InChI is InChI=1S/C24H28N2O5/c1-15(2)16-6-9-18(10-7-16)25-22-21(23(27)26(24(22)28)12-13-29-3)17-8-11-19(30-4)20(14-17)31-5/h6-11,14-15,25H,12-13H2,1-5H3. The van der Waals surface area contributed by atoms with Gasteiger partial charge < -0.3 is 19.5 Å². The molecule has 31 heavy (non-hydrogen) atoms. The highest BCUT2D eigenvalue weighted by Crippen LogP contribution is 2.35. The highest BCUT2D eigenvalue weighted by Gasteiger charge is 2.39. The van der Waals surface area contributed by atoms with Crippen LogP contribution in [0.25, 0.3) is 5.57 Å². The van der Waals surface area contributed by atoms with E-state index in [1.807, 2.05) is 24.3 Å². The summed E-state index contributed by atoms with van der Waals surface area (Å²) < 4.78 is 15.8. The second-order valence-corrected chi connectivity index (χ2v) is 7.48. The number of ether oxygens (including phenoxy) is 3. The topological polar surface area (TPSA) is 77.1 Å². The smallest absolute Gasteiger partial charge is 0.278 e. The molecule has 1 heterocycles. The Bertz CT molecular complexity index is 996. The number of methoxy groups -OCH3 is 3. The number of carbonyl (C=O) groups is 2. The predicted octanol–water partition coefficient (Wildman–Crippen LogP) is 3.67. The molecule has 0 atom stereocenters. The molecule has 0 radical (unpaired) electrons. The van der Waals surface area contributed by atoms with Crippen molar-refractivity contribution in [3.63, 3.8) is 0 Å². The third kappa shape index (κ3) is 4.56. The number of carbonyl (C=O) groups excluding carboxylic acids is 2. The van der Waals surface area contributed by atoms with Gasteiger partial charge in [0.2, 0.25) is 0 Å². The summed E-state index contributed by atoms with van der Waals surface area (Å²) in [5.74, 6) is 0.646. The van der Waals surface area contributed by atoms with E-state index in [1.54, 1.807) is 25.3 Å². The lowest BCUT2D eigenvalue weighted by molar-refractivity contribution is -0.137. The van der Waals surface area contributed by atoms with E-state index in [4.69, 9.17) is 14.2 Å². The number of benzene rings is 2. The summed E-state index contributed by atoms with van der Waals surface area (Å²) in [6.45, 7) is 4.66. The fourth-order valence-corrected chi connectivity index (χ4v) is 3.43. The fraction of sp³-hybridized carbons (Fsp3) is 0.333. The lowest BCUT2D eigenvalue weighted by atomic mass is 10.0. The fourth-order valence-electron chi connectivity index (χ4n) is 3.43. The van der Waals surface area contributed by atoms with Crippen molar-refractivity contribution in [1.29, 1.82) is 0 Å². The van der Waals surface area contributed by atoms with Gasteiger partial charge in [0, 0.05) is 12.8 Å². The van der Waals surface area contributed by atoms with E-state index >= 15 is 0 Å². The van der Waals surface area contributed by atoms with Gasteiger partial charge in [0.05, 0.1) is 32.9 Å². The Labute approximate surface area is 182 Å². The zero-order valence-corrected chi connectivity index (χ0v) is 18.5. The van der Waals surface area contributed by atoms with Crippen LogP contribution < -0.4 is 14.8 Å². The minimum absolute atomic E-state index is 0.169. The molecule has 1 N–H and O–H groups in total. The number of amides is 2. The van der Waals surface area contributed by atoms with E-state index < -0.39 is 0 Å². The zero-order chi connectivity index (χ0) is 22.5. The minimum Gasteiger partial charge on any atom is -0.493 e. The Hall–Kier alpha value is -3.32. The van der Waals surface area contributed by atoms with Crippen molar-refractivity contribution in [2.75, 3.05) is 39.8 Å². The van der Waals surface area contributed by atoms with Gasteiger partial charge in [0.1, 0.15) is 5.70 Å². The molecule has 1 aliphatic rings. The molecule has 0 fully saturated rings. The number of imide groups is 1. The summed E-state index contributed by atoms with van der Waals surface area (Å²) in [7, 11) is 4.60. The van der Waals surface area contributed by atoms with Crippen LogP contribution in [0.4, 0.5) is 5.69 Å². The van der Waals surface area contributed by atoms with Gasteiger partial charge in [0.25, 0.3) is 11.8 Å². The predicted molar refractivity (Wildman–Crippen MR) is 119 cm³/mol. The summed E-state index contributed by atoms with van der Waals surface area (Å²) in [6.07, 6.45) is 0. The molecule has 0 saturated heterocycles. The maximum Gasteiger partial charge on any atom is 0.278 e. The van der Waals surface area contributed by atoms with E-state index in [9.17, 15) is 9.59 Å². The molecule has 1 aliphatic heterocycles. The van der Waals surface area contributed by atoms with E-state index in [1.165, 1.54) is 24.7 Å². The lowest BCUT2D eigenvalue weighted by Gasteiger charge is -2.14. The summed E-state index contributed by atoms with van der Waals surface area (Å²) >= 11 is 0. The highest BCUT2D eigenvalue weighted by molar-refractivity contribution is 6.36. The molecular formula is C24H28N2O5. The van der Waals surface area contributed by atoms with Crippen LogP contribution in [0.15, 0.2) is 48.2 Å². The number of nitrogens with zero attached hydrogens (tertiary/aromatic N) is 1. The molecule has 2 aromatic carbocycles. The first-order valence-electron chi connectivity index (χ1n) is 10.1. The van der Waals surface area contributed by atoms with Gasteiger partial charge >= 0.3 is 0 Å². The molecule has 0 aromatic heterocycles. The molecule has 7 nitrogen and oxygen atoms in total. The Morgan fingerprint density at radius 1 is 0.903 bits per heavy atom. The van der Waals surface area contributed by atoms with Crippen molar-refractivity contribution in [1.82, 2.24) is 4.90 Å². The molecule has 7 heteroatoms. The monoisotopic (exact) mass is 424 g/mol. The van der Waals surface area contributed by atoms with Crippen LogP contribution in [0.2, 0.25) is 0 Å². The second-order valence-electron chi connectivity index (χ2n) is 7.48. The van der Waals surface area contributed by atoms with Crippen molar-refractivity contribution in [2.24, 2.45) is 0 Å². The summed E-state index contributed by atoms with van der Waals surface area (Å²) in [6, 6.07) is 13.0. The van der Waals surface area contributed by atoms with Crippen LogP contribution in [0.1, 0.15) is 30.9 Å². The third-order valence-corrected chi connectivity index (χ3v) is 5.21. The van der Waals surface area contributed by atoms with Crippen LogP contribution in [0, 0.1) is 0 Å². The van der Waals surface area contributed by atoms with E-state index in [2.05, 4.69) is 19.2 Å². The minimum atomic E-state index is -0.389. The maximum atomic E-state index is 13.2. The molecule has 0 saturated carbocycles. The van der Waals surface area contributed by atoms with Gasteiger partial charge in [-0.3, -0.25) is 14.5 Å². The van der Waals surface area contributed by atoms with Crippen molar-refractivity contribution < 1.29 is 23.8 Å². The van der Waals surface area contributed by atoms with Crippen LogP contribution in [-0.4, -0.2) is 51.2 Å². The van der Waals surface area contributed by atoms with E-state index in [0.29, 0.717) is 23.0 Å². The van der Waals surface area contributed by atoms with Gasteiger partial charge in [-0.2, -0.15) is 0 Å². The van der Waals surface area contributed by atoms with E-state index in [-0.39, 0.29) is 36.2 Å². The van der Waals surface area contributed by atoms with Crippen LogP contribution in [-0.2, 0) is 14.3 Å². The molecule has 0 aliphatic carbocycles. The molecular weight excluding hydrogens is 396 g/mol. The van der Waals surface area contributed by atoms with Gasteiger partial charge in [-0.15, -0.1) is 0 Å². The largest absolute Gasteiger partial charge is 0.493 e. The van der Waals surface area contributed by atoms with Crippen molar-refractivity contribution in [2.45, 2.75) is 19.8 Å². The first kappa shape index (κ1) is 22.4. The van der Waals surface area contributed by atoms with Crippen molar-refractivity contribution >= 4 is 23.1 Å². The van der Waals surface area contributed by atoms with Gasteiger partial charge in [0.15, 0.2) is 11.5 Å². The van der Waals surface area contributed by atoms with E-state index in [0.717, 1.165) is 5.69 Å². The highest BCUT2D eigenvalue weighted by atomic mass is 16.5. The van der Waals surface area contributed by atoms with Crippen LogP contribution in [0.3, 0.4) is 0 Å². The first-order chi connectivity index (χ1) is 14.9. The average Bonchev–Trinajstić information content (AvgIpc) is 3.01. The Morgan fingerprint density at radius 3 is 2.16 bits per heavy atom. The number of hydrogen-bond acceptors (Lipinski definition) is 6. The number of anilines is 1. The SMILES string of the molecule is COCCN1C(=O)C(Nc2ccc(C(C)C)cc2)=C(c2ccc(OC)c(OC)c2)C1=O. The number of rotatable bonds is 9. The molecule has 2 amide bonds. The molecule has 0 unspecified atom stereocenters. The Kier molecular flexibility index (Phi) is 6.97. The molecule has 2 aromatic rings. The van der Waals surface area contributed by atoms with Gasteiger partial charge in [-0.1, -0.05) is 32.0 Å². The second kappa shape index (κ2) is 9.66. The van der Waals surface area contributed by atoms with Crippen LogP contribution >= 0.6 is 0 Å². The number of nitrogens with one attached hydrogen (secondary N) is 1. The molecule has 0 spiro atoms. The van der Waals surface area contributed by atoms with Gasteiger partial charge in [-0.05, 0) is 41.3 Å². The third-order valence-electron chi connectivity index (χ3n) is 5.21. The van der Waals surface area contributed by atoms with Crippen molar-refractivity contribution in [3.8, 4) is 11.5 Å². The van der Waals surface area contributed by atoms with Crippen LogP contribution in [0.5, 0.6) is 11.5 Å². The molecule has 0 bridgehead atoms. The van der Waals surface area contributed by atoms with Crippen molar-refractivity contribution in [3.05, 3.63) is 59.3 Å². The number of hydrogen-bond donors (Lipinski definition) is 1. The van der Waals surface area contributed by atoms with Gasteiger partial charge in [-0.25, -0.2) is 0 Å². The molecule has 3 rings (SSSR count). The Balaban J connectivity index is 2.05. The zero-order valence-electron chi connectivity index (χ0n) is 18.5. The summed E-state index contributed by atoms with van der Waals surface area (Å²) in [5, 5.41) is 3.16. The quantitative estimate of drug-likeness (QED) is 0.619. The average molecular weight is 424 g/mol. The molecule has 164 valence electrons. The lowest BCUT2D eigenvalue weighted by Crippen LogP contribution is -2.35. The normalized spacial score (nSPS) is 13.9. The first-order valence-corrected chi connectivity index (χ1v) is 10.1. The summed E-state index contributed by atoms with van der Waals surface area (Å²) in [5.41, 5.74) is 3.00. The summed E-state index contributed by atoms with van der Waals surface area (Å²) in [4.78, 5) is 27.5. The maximum absolute atomic E-state index is 13.2. The Morgan fingerprint density at radius 2 is 1.58 bits per heavy atom.